The topological polar surface area (TPSA) is 90.9 Å². The van der Waals surface area contributed by atoms with E-state index < -0.39 is 0 Å². The van der Waals surface area contributed by atoms with Crippen molar-refractivity contribution in [1.29, 1.82) is 0 Å². The molecule has 0 heterocycles. The lowest BCUT2D eigenvalue weighted by Crippen LogP contribution is -2.15. The van der Waals surface area contributed by atoms with E-state index in [0.29, 0.717) is 98.4 Å². The van der Waals surface area contributed by atoms with E-state index in [1.165, 1.54) is 0 Å². The summed E-state index contributed by atoms with van der Waals surface area (Å²) in [5.74, 6) is 0.358. The molecule has 1 unspecified atom stereocenters. The molecule has 0 fully saturated rings. The summed E-state index contributed by atoms with van der Waals surface area (Å²) in [5.41, 5.74) is 0. The van der Waals surface area contributed by atoms with Gasteiger partial charge in [-0.25, -0.2) is 0 Å². The van der Waals surface area contributed by atoms with E-state index in [4.69, 9.17) is 37.9 Å². The number of carbonyl (C=O) groups is 1. The smallest absolute Gasteiger partial charge is 0.308 e. The predicted octanol–water partition coefficient (Wildman–Crippen LogP) is 2.10. The Balaban J connectivity index is 3.06. The van der Waals surface area contributed by atoms with Crippen LogP contribution in [0.4, 0.5) is 0 Å². The molecule has 9 nitrogen and oxygen atoms in total. The van der Waals surface area contributed by atoms with Crippen molar-refractivity contribution in [3.05, 3.63) is 0 Å². The summed E-state index contributed by atoms with van der Waals surface area (Å²) >= 11 is 0. The van der Waals surface area contributed by atoms with Crippen LogP contribution in [-0.2, 0) is 42.7 Å². The summed E-state index contributed by atoms with van der Waals surface area (Å²) in [7, 11) is 0. The van der Waals surface area contributed by atoms with Crippen LogP contribution < -0.4 is 0 Å². The molecule has 0 amide bonds. The highest BCUT2D eigenvalue weighted by molar-refractivity contribution is 5.69. The number of rotatable bonds is 25. The minimum atomic E-state index is -0.242. The van der Waals surface area contributed by atoms with E-state index in [1.807, 2.05) is 0 Å². The number of hydrogen-bond acceptors (Lipinski definition) is 9. The third-order valence-corrected chi connectivity index (χ3v) is 4.09. The van der Waals surface area contributed by atoms with Gasteiger partial charge in [-0.2, -0.15) is 0 Å². The second-order valence-electron chi connectivity index (χ2n) is 6.82. The molecule has 0 saturated heterocycles. The second-order valence-corrected chi connectivity index (χ2v) is 6.82. The molecule has 0 aromatic rings. The summed E-state index contributed by atoms with van der Waals surface area (Å²) < 4.78 is 42.7. The van der Waals surface area contributed by atoms with E-state index >= 15 is 0 Å². The second kappa shape index (κ2) is 25.5. The average Bonchev–Trinajstić information content (AvgIpc) is 2.77. The molecule has 0 rings (SSSR count). The first-order valence-corrected chi connectivity index (χ1v) is 11.4. The number of carbonyl (C=O) groups excluding carboxylic acids is 1. The quantitative estimate of drug-likeness (QED) is 0.153. The van der Waals surface area contributed by atoms with Crippen LogP contribution in [0.1, 0.15) is 33.6 Å². The van der Waals surface area contributed by atoms with Gasteiger partial charge in [0.25, 0.3) is 0 Å². The molecule has 0 aliphatic rings. The van der Waals surface area contributed by atoms with Gasteiger partial charge in [0.15, 0.2) is 0 Å². The Morgan fingerprint density at radius 3 is 1.29 bits per heavy atom. The van der Waals surface area contributed by atoms with Gasteiger partial charge in [0.2, 0.25) is 0 Å². The van der Waals surface area contributed by atoms with Crippen molar-refractivity contribution in [1.82, 2.24) is 0 Å². The lowest BCUT2D eigenvalue weighted by molar-refractivity contribution is -0.144. The summed E-state index contributed by atoms with van der Waals surface area (Å²) in [4.78, 5) is 11.1. The highest BCUT2D eigenvalue weighted by atomic mass is 16.6. The maximum absolute atomic E-state index is 11.1. The molecule has 0 bridgehead atoms. The van der Waals surface area contributed by atoms with Crippen molar-refractivity contribution < 1.29 is 42.7 Å². The zero-order valence-corrected chi connectivity index (χ0v) is 19.8. The summed E-state index contributed by atoms with van der Waals surface area (Å²) in [5, 5.41) is 0. The molecule has 0 aromatic heterocycles. The van der Waals surface area contributed by atoms with E-state index in [1.54, 1.807) is 6.92 Å². The van der Waals surface area contributed by atoms with Gasteiger partial charge in [0.05, 0.1) is 98.9 Å². The van der Waals surface area contributed by atoms with Crippen LogP contribution in [0.2, 0.25) is 0 Å². The van der Waals surface area contributed by atoms with E-state index in [-0.39, 0.29) is 12.4 Å². The Bertz CT molecular complexity index is 369. The molecule has 0 aliphatic heterocycles. The molecule has 0 radical (unpaired) electrons. The zero-order valence-electron chi connectivity index (χ0n) is 19.8. The summed E-state index contributed by atoms with van der Waals surface area (Å²) in [6.45, 7) is 14.0. The fraction of sp³-hybridized carbons (Fsp3) is 0.955. The molecule has 31 heavy (non-hydrogen) atoms. The maximum Gasteiger partial charge on any atom is 0.308 e. The Kier molecular flexibility index (Phi) is 24.8. The standard InChI is InChI=1S/C22H44O9/c1-4-21(3)20-30-19-18-29-17-16-28-15-14-27-13-12-26-11-10-25-9-8-24-7-6-22(23)31-5-2/h21H,4-20H2,1-3H3. The van der Waals surface area contributed by atoms with E-state index in [9.17, 15) is 4.79 Å². The number of esters is 1. The Morgan fingerprint density at radius 2 is 0.935 bits per heavy atom. The first kappa shape index (κ1) is 30.2. The third kappa shape index (κ3) is 25.3. The molecular formula is C22H44O9. The van der Waals surface area contributed by atoms with Crippen LogP contribution in [0.3, 0.4) is 0 Å². The highest BCUT2D eigenvalue weighted by Gasteiger charge is 2.01. The van der Waals surface area contributed by atoms with Gasteiger partial charge in [-0.05, 0) is 12.8 Å². The first-order chi connectivity index (χ1) is 15.2. The zero-order chi connectivity index (χ0) is 22.8. The third-order valence-electron chi connectivity index (χ3n) is 4.09. The van der Waals surface area contributed by atoms with Crippen molar-refractivity contribution in [2.75, 3.05) is 99.1 Å². The fourth-order valence-corrected chi connectivity index (χ4v) is 2.11. The molecular weight excluding hydrogens is 408 g/mol. The summed E-state index contributed by atoms with van der Waals surface area (Å²) in [6, 6.07) is 0. The van der Waals surface area contributed by atoms with E-state index in [2.05, 4.69) is 13.8 Å². The van der Waals surface area contributed by atoms with Crippen molar-refractivity contribution in [2.45, 2.75) is 33.6 Å². The van der Waals surface area contributed by atoms with Crippen molar-refractivity contribution in [3.63, 3.8) is 0 Å². The van der Waals surface area contributed by atoms with Crippen LogP contribution in [-0.4, -0.2) is 105 Å². The van der Waals surface area contributed by atoms with Crippen LogP contribution in [0, 0.1) is 5.92 Å². The minimum absolute atomic E-state index is 0.242. The fourth-order valence-electron chi connectivity index (χ4n) is 2.11. The average molecular weight is 453 g/mol. The normalized spacial score (nSPS) is 12.2. The van der Waals surface area contributed by atoms with E-state index in [0.717, 1.165) is 13.0 Å². The minimum Gasteiger partial charge on any atom is -0.466 e. The van der Waals surface area contributed by atoms with Gasteiger partial charge in [-0.15, -0.1) is 0 Å². The Labute approximate surface area is 187 Å². The van der Waals surface area contributed by atoms with Gasteiger partial charge in [-0.1, -0.05) is 20.3 Å². The monoisotopic (exact) mass is 452 g/mol. The van der Waals surface area contributed by atoms with Crippen molar-refractivity contribution in [2.24, 2.45) is 5.92 Å². The van der Waals surface area contributed by atoms with Crippen molar-refractivity contribution >= 4 is 5.97 Å². The van der Waals surface area contributed by atoms with Gasteiger partial charge in [0.1, 0.15) is 0 Å². The molecule has 186 valence electrons. The SMILES string of the molecule is CCOC(=O)CCOCCOCCOCCOCCOCCOCCOCC(C)CC. The molecule has 9 heteroatoms. The van der Waals surface area contributed by atoms with Gasteiger partial charge in [0, 0.05) is 6.61 Å². The molecule has 0 saturated carbocycles. The Hall–Kier alpha value is -0.810. The Morgan fingerprint density at radius 1 is 0.581 bits per heavy atom. The summed E-state index contributed by atoms with van der Waals surface area (Å²) in [6.07, 6.45) is 1.40. The number of ether oxygens (including phenoxy) is 8. The van der Waals surface area contributed by atoms with Gasteiger partial charge in [-0.3, -0.25) is 4.79 Å². The molecule has 1 atom stereocenters. The first-order valence-electron chi connectivity index (χ1n) is 11.4. The molecule has 0 spiro atoms. The lowest BCUT2D eigenvalue weighted by Gasteiger charge is -2.10. The molecule has 0 aliphatic carbocycles. The highest BCUT2D eigenvalue weighted by Crippen LogP contribution is 1.99. The largest absolute Gasteiger partial charge is 0.466 e. The van der Waals surface area contributed by atoms with Crippen LogP contribution in [0.15, 0.2) is 0 Å². The molecule has 0 aromatic carbocycles. The van der Waals surface area contributed by atoms with Crippen LogP contribution >= 0.6 is 0 Å². The maximum atomic E-state index is 11.1. The van der Waals surface area contributed by atoms with Crippen LogP contribution in [0.5, 0.6) is 0 Å². The lowest BCUT2D eigenvalue weighted by atomic mass is 10.1. The van der Waals surface area contributed by atoms with Crippen molar-refractivity contribution in [3.8, 4) is 0 Å². The van der Waals surface area contributed by atoms with Gasteiger partial charge < -0.3 is 37.9 Å². The van der Waals surface area contributed by atoms with Gasteiger partial charge >= 0.3 is 5.97 Å². The molecule has 0 N–H and O–H groups in total. The number of hydrogen-bond donors (Lipinski definition) is 0. The van der Waals surface area contributed by atoms with Crippen LogP contribution in [0.25, 0.3) is 0 Å². The predicted molar refractivity (Wildman–Crippen MR) is 116 cm³/mol.